The number of carbonyl (C=O) groups excluding carboxylic acids is 1. The molecule has 1 aliphatic heterocycles. The van der Waals surface area contributed by atoms with Gasteiger partial charge in [-0.15, -0.1) is 0 Å². The van der Waals surface area contributed by atoms with Crippen LogP contribution >= 0.6 is 0 Å². The highest BCUT2D eigenvalue weighted by Crippen LogP contribution is 2.21. The van der Waals surface area contributed by atoms with Gasteiger partial charge < -0.3 is 10.6 Å². The molecule has 2 unspecified atom stereocenters. The van der Waals surface area contributed by atoms with E-state index < -0.39 is 0 Å². The lowest BCUT2D eigenvalue weighted by molar-refractivity contribution is 0.0785. The Balaban J connectivity index is 2.10. The molecule has 1 fully saturated rings. The number of hydrogen-bond donors (Lipinski definition) is 1. The van der Waals surface area contributed by atoms with Gasteiger partial charge in [0.05, 0.1) is 0 Å². The number of carbonyl (C=O) groups is 1. The van der Waals surface area contributed by atoms with Crippen molar-refractivity contribution in [3.05, 3.63) is 35.4 Å². The maximum atomic E-state index is 12.3. The summed E-state index contributed by atoms with van der Waals surface area (Å²) >= 11 is 0. The Labute approximate surface area is 103 Å². The number of hydrogen-bond acceptors (Lipinski definition) is 2. The average Bonchev–Trinajstić information content (AvgIpc) is 2.78. The summed E-state index contributed by atoms with van der Waals surface area (Å²) < 4.78 is 0. The molecular formula is C14H20N2O. The Kier molecular flexibility index (Phi) is 3.48. The predicted octanol–water partition coefficient (Wildman–Crippen LogP) is 1.80. The first-order valence-electron chi connectivity index (χ1n) is 6.20. The first-order chi connectivity index (χ1) is 8.09. The summed E-state index contributed by atoms with van der Waals surface area (Å²) in [6.45, 7) is 5.63. The number of aryl methyl sites for hydroxylation is 1. The third-order valence-electron chi connectivity index (χ3n) is 3.63. The van der Waals surface area contributed by atoms with Crippen LogP contribution in [0.25, 0.3) is 0 Å². The maximum Gasteiger partial charge on any atom is 0.254 e. The van der Waals surface area contributed by atoms with Gasteiger partial charge in [-0.3, -0.25) is 4.79 Å². The summed E-state index contributed by atoms with van der Waals surface area (Å²) in [5.74, 6) is 0.592. The average molecular weight is 232 g/mol. The molecule has 0 spiro atoms. The lowest BCUT2D eigenvalue weighted by Crippen LogP contribution is -2.33. The Morgan fingerprint density at radius 3 is 2.76 bits per heavy atom. The molecule has 1 amide bonds. The minimum absolute atomic E-state index is 0.145. The summed E-state index contributed by atoms with van der Waals surface area (Å²) in [5, 5.41) is 0. The van der Waals surface area contributed by atoms with Gasteiger partial charge in [-0.1, -0.05) is 18.2 Å². The molecule has 2 rings (SSSR count). The van der Waals surface area contributed by atoms with Crippen LogP contribution in [0.2, 0.25) is 0 Å². The van der Waals surface area contributed by atoms with E-state index in [4.69, 9.17) is 5.73 Å². The molecule has 0 saturated carbocycles. The van der Waals surface area contributed by atoms with Crippen LogP contribution in [0.4, 0.5) is 0 Å². The molecule has 1 aliphatic rings. The largest absolute Gasteiger partial charge is 0.338 e. The smallest absolute Gasteiger partial charge is 0.254 e. The van der Waals surface area contributed by atoms with Crippen LogP contribution in [0.3, 0.4) is 0 Å². The molecule has 92 valence electrons. The van der Waals surface area contributed by atoms with Gasteiger partial charge in [-0.2, -0.15) is 0 Å². The van der Waals surface area contributed by atoms with Crippen molar-refractivity contribution in [1.29, 1.82) is 0 Å². The van der Waals surface area contributed by atoms with Crippen molar-refractivity contribution in [1.82, 2.24) is 4.90 Å². The van der Waals surface area contributed by atoms with Crippen molar-refractivity contribution in [3.63, 3.8) is 0 Å². The third-order valence-corrected chi connectivity index (χ3v) is 3.63. The van der Waals surface area contributed by atoms with Gasteiger partial charge >= 0.3 is 0 Å². The van der Waals surface area contributed by atoms with E-state index in [0.717, 1.165) is 30.6 Å². The third kappa shape index (κ3) is 2.50. The number of nitrogens with two attached hydrogens (primary N) is 1. The SMILES string of the molecule is Cc1ccccc1C(=O)N1CCC(C(C)N)C1. The quantitative estimate of drug-likeness (QED) is 0.845. The Hall–Kier alpha value is -1.35. The fourth-order valence-corrected chi connectivity index (χ4v) is 2.38. The van der Waals surface area contributed by atoms with Crippen LogP contribution in [0.5, 0.6) is 0 Å². The first-order valence-corrected chi connectivity index (χ1v) is 6.20. The number of amides is 1. The summed E-state index contributed by atoms with van der Waals surface area (Å²) in [6.07, 6.45) is 1.02. The highest BCUT2D eigenvalue weighted by atomic mass is 16.2. The number of likely N-dealkylation sites (tertiary alicyclic amines) is 1. The van der Waals surface area contributed by atoms with Crippen molar-refractivity contribution in [3.8, 4) is 0 Å². The van der Waals surface area contributed by atoms with E-state index in [-0.39, 0.29) is 11.9 Å². The molecule has 3 heteroatoms. The Bertz CT molecular complexity index is 414. The minimum Gasteiger partial charge on any atom is -0.338 e. The Morgan fingerprint density at radius 1 is 1.47 bits per heavy atom. The minimum atomic E-state index is 0.145. The lowest BCUT2D eigenvalue weighted by atomic mass is 10.0. The van der Waals surface area contributed by atoms with Crippen LogP contribution in [0, 0.1) is 12.8 Å². The molecule has 1 aromatic carbocycles. The van der Waals surface area contributed by atoms with E-state index >= 15 is 0 Å². The topological polar surface area (TPSA) is 46.3 Å². The summed E-state index contributed by atoms with van der Waals surface area (Å²) in [4.78, 5) is 14.2. The van der Waals surface area contributed by atoms with Gasteiger partial charge in [0.2, 0.25) is 0 Å². The molecule has 1 aromatic rings. The highest BCUT2D eigenvalue weighted by molar-refractivity contribution is 5.95. The van der Waals surface area contributed by atoms with Crippen molar-refractivity contribution in [2.75, 3.05) is 13.1 Å². The van der Waals surface area contributed by atoms with Gasteiger partial charge in [0.1, 0.15) is 0 Å². The fraction of sp³-hybridized carbons (Fsp3) is 0.500. The molecular weight excluding hydrogens is 212 g/mol. The van der Waals surface area contributed by atoms with Crippen LogP contribution in [0.1, 0.15) is 29.3 Å². The van der Waals surface area contributed by atoms with E-state index in [2.05, 4.69) is 0 Å². The van der Waals surface area contributed by atoms with Crippen molar-refractivity contribution in [2.45, 2.75) is 26.3 Å². The van der Waals surface area contributed by atoms with E-state index in [1.165, 1.54) is 0 Å². The molecule has 0 radical (unpaired) electrons. The summed E-state index contributed by atoms with van der Waals surface area (Å²) in [7, 11) is 0. The van der Waals surface area contributed by atoms with Gasteiger partial charge in [0.25, 0.3) is 5.91 Å². The maximum absolute atomic E-state index is 12.3. The van der Waals surface area contributed by atoms with E-state index in [1.807, 2.05) is 43.0 Å². The van der Waals surface area contributed by atoms with Crippen LogP contribution in [0.15, 0.2) is 24.3 Å². The molecule has 0 bridgehead atoms. The fourth-order valence-electron chi connectivity index (χ4n) is 2.38. The first kappa shape index (κ1) is 12.1. The molecule has 0 aromatic heterocycles. The van der Waals surface area contributed by atoms with Crippen molar-refractivity contribution >= 4 is 5.91 Å². The Morgan fingerprint density at radius 2 is 2.18 bits per heavy atom. The molecule has 3 nitrogen and oxygen atoms in total. The number of rotatable bonds is 2. The second kappa shape index (κ2) is 4.88. The van der Waals surface area contributed by atoms with Gasteiger partial charge in [-0.05, 0) is 37.8 Å². The van der Waals surface area contributed by atoms with Crippen LogP contribution in [-0.2, 0) is 0 Å². The standard InChI is InChI=1S/C14H20N2O/c1-10-5-3-4-6-13(10)14(17)16-8-7-12(9-16)11(2)15/h3-6,11-12H,7-9,15H2,1-2H3. The number of nitrogens with zero attached hydrogens (tertiary/aromatic N) is 1. The second-order valence-corrected chi connectivity index (χ2v) is 4.97. The second-order valence-electron chi connectivity index (χ2n) is 4.97. The summed E-state index contributed by atoms with van der Waals surface area (Å²) in [5.41, 5.74) is 7.75. The molecule has 17 heavy (non-hydrogen) atoms. The lowest BCUT2D eigenvalue weighted by Gasteiger charge is -2.19. The zero-order valence-electron chi connectivity index (χ0n) is 10.5. The molecule has 2 atom stereocenters. The van der Waals surface area contributed by atoms with E-state index in [0.29, 0.717) is 5.92 Å². The van der Waals surface area contributed by atoms with E-state index in [9.17, 15) is 4.79 Å². The normalized spacial score (nSPS) is 21.6. The zero-order valence-corrected chi connectivity index (χ0v) is 10.5. The molecule has 1 saturated heterocycles. The van der Waals surface area contributed by atoms with Crippen LogP contribution < -0.4 is 5.73 Å². The number of benzene rings is 1. The highest BCUT2D eigenvalue weighted by Gasteiger charge is 2.29. The van der Waals surface area contributed by atoms with Crippen molar-refractivity contribution < 1.29 is 4.79 Å². The van der Waals surface area contributed by atoms with Crippen molar-refractivity contribution in [2.24, 2.45) is 11.7 Å². The van der Waals surface area contributed by atoms with Gasteiger partial charge in [0.15, 0.2) is 0 Å². The molecule has 1 heterocycles. The molecule has 0 aliphatic carbocycles. The summed E-state index contributed by atoms with van der Waals surface area (Å²) in [6, 6.07) is 7.92. The van der Waals surface area contributed by atoms with Gasteiger partial charge in [0, 0.05) is 24.7 Å². The van der Waals surface area contributed by atoms with E-state index in [1.54, 1.807) is 0 Å². The van der Waals surface area contributed by atoms with Gasteiger partial charge in [-0.25, -0.2) is 0 Å². The predicted molar refractivity (Wildman–Crippen MR) is 68.8 cm³/mol. The monoisotopic (exact) mass is 232 g/mol. The zero-order chi connectivity index (χ0) is 12.4. The van der Waals surface area contributed by atoms with Crippen LogP contribution in [-0.4, -0.2) is 29.9 Å². The molecule has 2 N–H and O–H groups in total.